The molecule has 3 nitrogen and oxygen atoms in total. The minimum absolute atomic E-state index is 0.143. The second kappa shape index (κ2) is 5.59. The molecular weight excluding hydrogens is 313 g/mol. The van der Waals surface area contributed by atoms with E-state index in [0.29, 0.717) is 4.47 Å². The highest BCUT2D eigenvalue weighted by Gasteiger charge is 2.39. The van der Waals surface area contributed by atoms with Gasteiger partial charge in [0, 0.05) is 16.1 Å². The lowest BCUT2D eigenvalue weighted by atomic mass is 9.90. The molecular formula is C14H17BrFNO2. The Morgan fingerprint density at radius 2 is 2.11 bits per heavy atom. The molecule has 1 aromatic carbocycles. The van der Waals surface area contributed by atoms with Gasteiger partial charge in [-0.15, -0.1) is 0 Å². The molecule has 0 amide bonds. The van der Waals surface area contributed by atoms with Crippen LogP contribution in [-0.4, -0.2) is 17.1 Å². The van der Waals surface area contributed by atoms with E-state index in [0.717, 1.165) is 25.7 Å². The van der Waals surface area contributed by atoms with Crippen LogP contribution in [0.3, 0.4) is 0 Å². The second-order valence-corrected chi connectivity index (χ2v) is 6.10. The molecule has 0 spiro atoms. The van der Waals surface area contributed by atoms with Gasteiger partial charge in [0.2, 0.25) is 0 Å². The van der Waals surface area contributed by atoms with Gasteiger partial charge in [-0.1, -0.05) is 34.8 Å². The number of nitrogens with one attached hydrogen (secondary N) is 1. The number of carbonyl (C=O) groups is 1. The number of carboxylic acid groups (broad SMARTS) is 1. The van der Waals surface area contributed by atoms with Crippen molar-refractivity contribution in [3.8, 4) is 0 Å². The number of hydrogen-bond acceptors (Lipinski definition) is 2. The van der Waals surface area contributed by atoms with Crippen LogP contribution in [0.5, 0.6) is 0 Å². The maximum Gasteiger partial charge on any atom is 0.328 e. The van der Waals surface area contributed by atoms with E-state index in [1.807, 2.05) is 0 Å². The molecule has 104 valence electrons. The summed E-state index contributed by atoms with van der Waals surface area (Å²) in [6, 6.07) is 4.63. The van der Waals surface area contributed by atoms with E-state index in [2.05, 4.69) is 21.2 Å². The van der Waals surface area contributed by atoms with Gasteiger partial charge in [-0.2, -0.15) is 0 Å². The van der Waals surface area contributed by atoms with Crippen molar-refractivity contribution in [3.63, 3.8) is 0 Å². The van der Waals surface area contributed by atoms with E-state index < -0.39 is 17.3 Å². The summed E-state index contributed by atoms with van der Waals surface area (Å²) in [5, 5.41) is 12.6. The average molecular weight is 330 g/mol. The minimum atomic E-state index is -1.39. The molecule has 1 fully saturated rings. The molecule has 0 bridgehead atoms. The first-order valence-corrected chi connectivity index (χ1v) is 7.19. The maximum absolute atomic E-state index is 14.0. The third-order valence-corrected chi connectivity index (χ3v) is 4.24. The lowest BCUT2D eigenvalue weighted by Crippen LogP contribution is -2.51. The topological polar surface area (TPSA) is 49.3 Å². The summed E-state index contributed by atoms with van der Waals surface area (Å²) in [5.74, 6) is -1.56. The first-order valence-electron chi connectivity index (χ1n) is 6.40. The predicted molar refractivity (Wildman–Crippen MR) is 74.5 cm³/mol. The van der Waals surface area contributed by atoms with Crippen molar-refractivity contribution in [2.75, 3.05) is 0 Å². The summed E-state index contributed by atoms with van der Waals surface area (Å²) < 4.78 is 14.6. The zero-order valence-electron chi connectivity index (χ0n) is 10.7. The van der Waals surface area contributed by atoms with Crippen molar-refractivity contribution in [1.82, 2.24) is 5.32 Å². The highest BCUT2D eigenvalue weighted by molar-refractivity contribution is 9.10. The van der Waals surface area contributed by atoms with Crippen molar-refractivity contribution in [2.45, 2.75) is 44.2 Å². The van der Waals surface area contributed by atoms with Crippen molar-refractivity contribution < 1.29 is 14.3 Å². The van der Waals surface area contributed by atoms with E-state index in [1.165, 1.54) is 19.1 Å². The van der Waals surface area contributed by atoms with E-state index in [1.54, 1.807) is 6.07 Å². The van der Waals surface area contributed by atoms with Gasteiger partial charge in [-0.3, -0.25) is 5.32 Å². The summed E-state index contributed by atoms with van der Waals surface area (Å²) in [5.41, 5.74) is -1.21. The molecule has 1 aromatic rings. The molecule has 0 aromatic heterocycles. The summed E-state index contributed by atoms with van der Waals surface area (Å²) in [4.78, 5) is 11.6. The Labute approximate surface area is 120 Å². The number of rotatable bonds is 4. The summed E-state index contributed by atoms with van der Waals surface area (Å²) in [6.45, 7) is 1.53. The van der Waals surface area contributed by atoms with Gasteiger partial charge >= 0.3 is 5.97 Å². The van der Waals surface area contributed by atoms with Crippen LogP contribution >= 0.6 is 15.9 Å². The van der Waals surface area contributed by atoms with E-state index >= 15 is 0 Å². The molecule has 1 unspecified atom stereocenters. The SMILES string of the molecule is CC(NC1CCCC1)(C(=O)O)c1ccc(Br)cc1F. The lowest BCUT2D eigenvalue weighted by molar-refractivity contribution is -0.145. The lowest BCUT2D eigenvalue weighted by Gasteiger charge is -2.30. The van der Waals surface area contributed by atoms with Crippen LogP contribution in [0, 0.1) is 5.82 Å². The Hall–Kier alpha value is -0.940. The zero-order chi connectivity index (χ0) is 14.0. The van der Waals surface area contributed by atoms with Crippen molar-refractivity contribution in [3.05, 3.63) is 34.1 Å². The van der Waals surface area contributed by atoms with Crippen LogP contribution in [0.15, 0.2) is 22.7 Å². The summed E-state index contributed by atoms with van der Waals surface area (Å²) >= 11 is 3.18. The van der Waals surface area contributed by atoms with Crippen LogP contribution < -0.4 is 5.32 Å². The molecule has 1 saturated carbocycles. The Morgan fingerprint density at radius 3 is 2.63 bits per heavy atom. The van der Waals surface area contributed by atoms with E-state index in [4.69, 9.17) is 0 Å². The molecule has 1 aliphatic rings. The van der Waals surface area contributed by atoms with Crippen LogP contribution in [0.2, 0.25) is 0 Å². The molecule has 2 N–H and O–H groups in total. The first-order chi connectivity index (χ1) is 8.93. The second-order valence-electron chi connectivity index (χ2n) is 5.18. The molecule has 5 heteroatoms. The number of halogens is 2. The van der Waals surface area contributed by atoms with Crippen molar-refractivity contribution >= 4 is 21.9 Å². The third-order valence-electron chi connectivity index (χ3n) is 3.75. The smallest absolute Gasteiger partial charge is 0.328 e. The Kier molecular flexibility index (Phi) is 4.26. The van der Waals surface area contributed by atoms with Gasteiger partial charge in [0.1, 0.15) is 11.4 Å². The quantitative estimate of drug-likeness (QED) is 0.889. The molecule has 1 atom stereocenters. The fourth-order valence-electron chi connectivity index (χ4n) is 2.63. The van der Waals surface area contributed by atoms with Crippen LogP contribution in [0.25, 0.3) is 0 Å². The standard InChI is InChI=1S/C14H17BrFNO2/c1-14(13(18)19,17-10-4-2-3-5-10)11-7-6-9(15)8-12(11)16/h6-8,10,17H,2-5H2,1H3,(H,18,19). The largest absolute Gasteiger partial charge is 0.480 e. The summed E-state index contributed by atoms with van der Waals surface area (Å²) in [7, 11) is 0. The highest BCUT2D eigenvalue weighted by Crippen LogP contribution is 2.29. The Morgan fingerprint density at radius 1 is 1.47 bits per heavy atom. The fraction of sp³-hybridized carbons (Fsp3) is 0.500. The predicted octanol–water partition coefficient (Wildman–Crippen LogP) is 3.42. The van der Waals surface area contributed by atoms with Gasteiger partial charge in [0.05, 0.1) is 0 Å². The van der Waals surface area contributed by atoms with Gasteiger partial charge in [0.25, 0.3) is 0 Å². The van der Waals surface area contributed by atoms with Crippen LogP contribution in [-0.2, 0) is 10.3 Å². The maximum atomic E-state index is 14.0. The zero-order valence-corrected chi connectivity index (χ0v) is 12.3. The minimum Gasteiger partial charge on any atom is -0.480 e. The van der Waals surface area contributed by atoms with E-state index in [9.17, 15) is 14.3 Å². The Bertz CT molecular complexity index is 488. The van der Waals surface area contributed by atoms with Gasteiger partial charge in [0.15, 0.2) is 0 Å². The number of benzene rings is 1. The number of carboxylic acids is 1. The molecule has 0 heterocycles. The molecule has 2 rings (SSSR count). The molecule has 0 saturated heterocycles. The van der Waals surface area contributed by atoms with Crippen molar-refractivity contribution in [2.24, 2.45) is 0 Å². The highest BCUT2D eigenvalue weighted by atomic mass is 79.9. The summed E-state index contributed by atoms with van der Waals surface area (Å²) in [6.07, 6.45) is 4.08. The van der Waals surface area contributed by atoms with Crippen molar-refractivity contribution in [1.29, 1.82) is 0 Å². The first kappa shape index (κ1) is 14.5. The normalized spacial score (nSPS) is 19.3. The monoisotopic (exact) mass is 329 g/mol. The molecule has 19 heavy (non-hydrogen) atoms. The van der Waals surface area contributed by atoms with Crippen LogP contribution in [0.1, 0.15) is 38.2 Å². The Balaban J connectivity index is 2.34. The molecule has 0 radical (unpaired) electrons. The van der Waals surface area contributed by atoms with Gasteiger partial charge in [-0.25, -0.2) is 9.18 Å². The average Bonchev–Trinajstić information content (AvgIpc) is 2.81. The van der Waals surface area contributed by atoms with Crippen LogP contribution in [0.4, 0.5) is 4.39 Å². The number of hydrogen-bond donors (Lipinski definition) is 2. The van der Waals surface area contributed by atoms with Gasteiger partial charge < -0.3 is 5.11 Å². The van der Waals surface area contributed by atoms with Gasteiger partial charge in [-0.05, 0) is 31.9 Å². The third kappa shape index (κ3) is 2.98. The molecule has 0 aliphatic heterocycles. The fourth-order valence-corrected chi connectivity index (χ4v) is 2.96. The molecule has 1 aliphatic carbocycles. The van der Waals surface area contributed by atoms with E-state index in [-0.39, 0.29) is 11.6 Å². The number of aliphatic carboxylic acids is 1.